The molecule has 0 unspecified atom stereocenters. The zero-order valence-electron chi connectivity index (χ0n) is 5.79. The van der Waals surface area contributed by atoms with Gasteiger partial charge in [-0.2, -0.15) is 0 Å². The van der Waals surface area contributed by atoms with E-state index in [9.17, 15) is 0 Å². The highest BCUT2D eigenvalue weighted by molar-refractivity contribution is 7.98. The highest BCUT2D eigenvalue weighted by Gasteiger charge is 1.95. The minimum Gasteiger partial charge on any atom is -0.508 e. The second kappa shape index (κ2) is 2.97. The van der Waals surface area contributed by atoms with E-state index in [0.29, 0.717) is 5.75 Å². The van der Waals surface area contributed by atoms with Crippen LogP contribution in [0.3, 0.4) is 0 Å². The van der Waals surface area contributed by atoms with Gasteiger partial charge in [0.2, 0.25) is 0 Å². The molecule has 0 bridgehead atoms. The maximum Gasteiger partial charge on any atom is 0.116 e. The SMILES string of the molecule is [CH2]c1ccc(O)cc1SC. The van der Waals surface area contributed by atoms with Crippen LogP contribution >= 0.6 is 11.8 Å². The Morgan fingerprint density at radius 2 is 2.20 bits per heavy atom. The van der Waals surface area contributed by atoms with Gasteiger partial charge in [0.15, 0.2) is 0 Å². The molecule has 1 nitrogen and oxygen atoms in total. The predicted octanol–water partition coefficient (Wildman–Crippen LogP) is 2.30. The summed E-state index contributed by atoms with van der Waals surface area (Å²) in [6, 6.07) is 5.16. The Morgan fingerprint density at radius 3 is 2.70 bits per heavy atom. The molecule has 0 spiro atoms. The average molecular weight is 153 g/mol. The maximum atomic E-state index is 9.03. The first-order valence-electron chi connectivity index (χ1n) is 2.93. The number of benzene rings is 1. The highest BCUT2D eigenvalue weighted by atomic mass is 32.2. The summed E-state index contributed by atoms with van der Waals surface area (Å²) in [6.07, 6.45) is 1.96. The number of aromatic hydroxyl groups is 1. The van der Waals surface area contributed by atoms with Gasteiger partial charge in [-0.3, -0.25) is 0 Å². The van der Waals surface area contributed by atoms with Gasteiger partial charge in [-0.05, 0) is 30.9 Å². The van der Waals surface area contributed by atoms with Crippen LogP contribution in [0.25, 0.3) is 0 Å². The fourth-order valence-electron chi connectivity index (χ4n) is 0.733. The average Bonchev–Trinajstić information content (AvgIpc) is 1.94. The molecule has 53 valence electrons. The molecule has 0 saturated carbocycles. The van der Waals surface area contributed by atoms with Crippen LogP contribution < -0.4 is 0 Å². The molecule has 1 rings (SSSR count). The molecule has 0 aliphatic rings. The summed E-state index contributed by atoms with van der Waals surface area (Å²) >= 11 is 1.59. The predicted molar refractivity (Wildman–Crippen MR) is 44.3 cm³/mol. The molecule has 1 N–H and O–H groups in total. The lowest BCUT2D eigenvalue weighted by atomic mass is 10.2. The van der Waals surface area contributed by atoms with Gasteiger partial charge >= 0.3 is 0 Å². The van der Waals surface area contributed by atoms with Gasteiger partial charge < -0.3 is 5.11 Å². The molecule has 0 saturated heterocycles. The van der Waals surface area contributed by atoms with Crippen molar-refractivity contribution in [3.8, 4) is 5.75 Å². The van der Waals surface area contributed by atoms with Crippen molar-refractivity contribution in [1.82, 2.24) is 0 Å². The summed E-state index contributed by atoms with van der Waals surface area (Å²) in [5.41, 5.74) is 0.963. The first-order chi connectivity index (χ1) is 4.74. The molecule has 0 amide bonds. The van der Waals surface area contributed by atoms with Crippen molar-refractivity contribution in [2.75, 3.05) is 6.26 Å². The summed E-state index contributed by atoms with van der Waals surface area (Å²) in [4.78, 5) is 1.03. The third-order valence-corrected chi connectivity index (χ3v) is 2.09. The summed E-state index contributed by atoms with van der Waals surface area (Å²) in [5, 5.41) is 9.03. The van der Waals surface area contributed by atoms with E-state index in [1.807, 2.05) is 6.26 Å². The van der Waals surface area contributed by atoms with Gasteiger partial charge in [-0.1, -0.05) is 6.07 Å². The zero-order chi connectivity index (χ0) is 7.56. The van der Waals surface area contributed by atoms with E-state index in [0.717, 1.165) is 10.5 Å². The maximum absolute atomic E-state index is 9.03. The molecule has 0 fully saturated rings. The van der Waals surface area contributed by atoms with E-state index in [2.05, 4.69) is 6.92 Å². The summed E-state index contributed by atoms with van der Waals surface area (Å²) in [6.45, 7) is 3.80. The van der Waals surface area contributed by atoms with Crippen molar-refractivity contribution in [3.05, 3.63) is 30.7 Å². The summed E-state index contributed by atoms with van der Waals surface area (Å²) in [7, 11) is 0. The number of thioether (sulfide) groups is 1. The topological polar surface area (TPSA) is 20.2 Å². The van der Waals surface area contributed by atoms with E-state index in [1.165, 1.54) is 0 Å². The van der Waals surface area contributed by atoms with Crippen molar-refractivity contribution < 1.29 is 5.11 Å². The molecular formula is C8H9OS. The molecule has 0 atom stereocenters. The Labute approximate surface area is 65.1 Å². The Kier molecular flexibility index (Phi) is 2.22. The van der Waals surface area contributed by atoms with Crippen molar-refractivity contribution in [1.29, 1.82) is 0 Å². The summed E-state index contributed by atoms with van der Waals surface area (Å²) < 4.78 is 0. The first-order valence-corrected chi connectivity index (χ1v) is 4.15. The minimum absolute atomic E-state index is 0.303. The molecule has 1 aromatic rings. The Balaban J connectivity index is 3.09. The zero-order valence-corrected chi connectivity index (χ0v) is 6.61. The second-order valence-corrected chi connectivity index (χ2v) is 2.84. The van der Waals surface area contributed by atoms with Crippen LogP contribution in [0.5, 0.6) is 5.75 Å². The first kappa shape index (κ1) is 7.48. The van der Waals surface area contributed by atoms with Crippen LogP contribution in [0.2, 0.25) is 0 Å². The van der Waals surface area contributed by atoms with Gasteiger partial charge in [-0.25, -0.2) is 0 Å². The van der Waals surface area contributed by atoms with Gasteiger partial charge in [-0.15, -0.1) is 11.8 Å². The molecule has 0 aliphatic carbocycles. The number of rotatable bonds is 1. The molecular weight excluding hydrogens is 144 g/mol. The van der Waals surface area contributed by atoms with E-state index in [-0.39, 0.29) is 0 Å². The van der Waals surface area contributed by atoms with Crippen LogP contribution in [0.4, 0.5) is 0 Å². The van der Waals surface area contributed by atoms with Crippen LogP contribution in [0.1, 0.15) is 5.56 Å². The Bertz CT molecular complexity index is 233. The van der Waals surface area contributed by atoms with Gasteiger partial charge in [0.25, 0.3) is 0 Å². The van der Waals surface area contributed by atoms with Crippen molar-refractivity contribution >= 4 is 11.8 Å². The van der Waals surface area contributed by atoms with Crippen molar-refractivity contribution in [2.45, 2.75) is 4.90 Å². The van der Waals surface area contributed by atoms with Gasteiger partial charge in [0.1, 0.15) is 5.75 Å². The number of hydrogen-bond acceptors (Lipinski definition) is 2. The van der Waals surface area contributed by atoms with Crippen LogP contribution in [0.15, 0.2) is 23.1 Å². The van der Waals surface area contributed by atoms with E-state index in [1.54, 1.807) is 30.0 Å². The third-order valence-electron chi connectivity index (χ3n) is 1.27. The monoisotopic (exact) mass is 153 g/mol. The fraction of sp³-hybridized carbons (Fsp3) is 0.125. The lowest BCUT2D eigenvalue weighted by molar-refractivity contribution is 0.473. The van der Waals surface area contributed by atoms with Crippen LogP contribution in [-0.4, -0.2) is 11.4 Å². The van der Waals surface area contributed by atoms with E-state index >= 15 is 0 Å². The third kappa shape index (κ3) is 1.45. The molecule has 0 aliphatic heterocycles. The number of phenols is 1. The quantitative estimate of drug-likeness (QED) is 0.625. The molecule has 1 radical (unpaired) electrons. The van der Waals surface area contributed by atoms with E-state index < -0.39 is 0 Å². The Morgan fingerprint density at radius 1 is 1.50 bits per heavy atom. The molecule has 0 heterocycles. The minimum atomic E-state index is 0.303. The molecule has 10 heavy (non-hydrogen) atoms. The van der Waals surface area contributed by atoms with Crippen LogP contribution in [0, 0.1) is 6.92 Å². The van der Waals surface area contributed by atoms with E-state index in [4.69, 9.17) is 5.11 Å². The smallest absolute Gasteiger partial charge is 0.116 e. The summed E-state index contributed by atoms with van der Waals surface area (Å²) in [5.74, 6) is 0.303. The standard InChI is InChI=1S/C8H9OS/c1-6-3-4-7(9)5-8(6)10-2/h3-5,9H,1H2,2H3. The second-order valence-electron chi connectivity index (χ2n) is 2.00. The molecule has 0 aromatic heterocycles. The Hall–Kier alpha value is -0.630. The van der Waals surface area contributed by atoms with Crippen LogP contribution in [-0.2, 0) is 0 Å². The lowest BCUT2D eigenvalue weighted by Gasteiger charge is -2.00. The number of hydrogen-bond donors (Lipinski definition) is 1. The largest absolute Gasteiger partial charge is 0.508 e. The number of phenolic OH excluding ortho intramolecular Hbond substituents is 1. The van der Waals surface area contributed by atoms with Gasteiger partial charge in [0.05, 0.1) is 0 Å². The molecule has 2 heteroatoms. The van der Waals surface area contributed by atoms with Gasteiger partial charge in [0, 0.05) is 4.90 Å². The molecule has 1 aromatic carbocycles. The lowest BCUT2D eigenvalue weighted by Crippen LogP contribution is -1.76. The van der Waals surface area contributed by atoms with Crippen molar-refractivity contribution in [3.63, 3.8) is 0 Å². The fourth-order valence-corrected chi connectivity index (χ4v) is 1.30. The normalized spacial score (nSPS) is 9.80. The highest BCUT2D eigenvalue weighted by Crippen LogP contribution is 2.23. The van der Waals surface area contributed by atoms with Crippen molar-refractivity contribution in [2.24, 2.45) is 0 Å².